The molecule has 5 heteroatoms. The second kappa shape index (κ2) is 11.3. The lowest BCUT2D eigenvalue weighted by molar-refractivity contribution is -0.122. The molecule has 1 aromatic rings. The van der Waals surface area contributed by atoms with E-state index in [1.165, 1.54) is 32.1 Å². The summed E-state index contributed by atoms with van der Waals surface area (Å²) in [4.78, 5) is 12.0. The Morgan fingerprint density at radius 1 is 1.22 bits per heavy atom. The number of benzene rings is 1. The van der Waals surface area contributed by atoms with Crippen LogP contribution in [0.3, 0.4) is 0 Å². The van der Waals surface area contributed by atoms with Crippen LogP contribution in [0, 0.1) is 5.92 Å². The van der Waals surface area contributed by atoms with Gasteiger partial charge in [-0.15, -0.1) is 12.4 Å². The number of nitrogens with two attached hydrogens (primary N) is 1. The molecule has 1 aliphatic carbocycles. The van der Waals surface area contributed by atoms with Gasteiger partial charge in [0.15, 0.2) is 0 Å². The number of carbonyl (C=O) groups is 1. The molecule has 1 amide bonds. The Bertz CT molecular complexity index is 436. The summed E-state index contributed by atoms with van der Waals surface area (Å²) in [6.45, 7) is 1.10. The summed E-state index contributed by atoms with van der Waals surface area (Å²) in [6.07, 6.45) is 7.46. The third-order valence-electron chi connectivity index (χ3n) is 4.38. The molecule has 0 saturated heterocycles. The maximum atomic E-state index is 12.0. The van der Waals surface area contributed by atoms with E-state index in [0.29, 0.717) is 25.5 Å². The maximum absolute atomic E-state index is 12.0. The maximum Gasteiger partial charge on any atom is 0.220 e. The zero-order valence-electron chi connectivity index (χ0n) is 13.7. The van der Waals surface area contributed by atoms with Crippen LogP contribution >= 0.6 is 12.4 Å². The lowest BCUT2D eigenvalue weighted by Gasteiger charge is -2.30. The third kappa shape index (κ3) is 7.23. The number of nitrogens with one attached hydrogen (secondary N) is 1. The molecule has 0 aliphatic heterocycles. The van der Waals surface area contributed by atoms with Crippen LogP contribution in [-0.2, 0) is 4.79 Å². The molecule has 0 radical (unpaired) electrons. The number of amides is 1. The fourth-order valence-corrected chi connectivity index (χ4v) is 3.12. The standard InChI is InChI=1S/C18H28N2O2.ClH/c19-14-17(15-8-3-1-4-9-15)20-18(21)12-7-13-22-16-10-5-2-6-11-16;/h2,5-6,10-11,15,17H,1,3-4,7-9,12-14,19H2,(H,20,21);1H. The normalized spacial score (nSPS) is 16.2. The van der Waals surface area contributed by atoms with Gasteiger partial charge in [0.05, 0.1) is 6.61 Å². The van der Waals surface area contributed by atoms with E-state index in [9.17, 15) is 4.79 Å². The van der Waals surface area contributed by atoms with Gasteiger partial charge in [-0.05, 0) is 37.3 Å². The molecule has 1 fully saturated rings. The van der Waals surface area contributed by atoms with Crippen molar-refractivity contribution in [2.24, 2.45) is 11.7 Å². The molecule has 23 heavy (non-hydrogen) atoms. The van der Waals surface area contributed by atoms with Crippen LogP contribution in [0.2, 0.25) is 0 Å². The predicted octanol–water partition coefficient (Wildman–Crippen LogP) is 3.29. The van der Waals surface area contributed by atoms with Gasteiger partial charge in [0.25, 0.3) is 0 Å². The Kier molecular flexibility index (Phi) is 9.72. The number of rotatable bonds is 8. The van der Waals surface area contributed by atoms with Crippen LogP contribution in [-0.4, -0.2) is 25.1 Å². The molecule has 1 atom stereocenters. The van der Waals surface area contributed by atoms with E-state index in [0.717, 1.165) is 12.2 Å². The number of halogens is 1. The molecule has 3 N–H and O–H groups in total. The fraction of sp³-hybridized carbons (Fsp3) is 0.611. The highest BCUT2D eigenvalue weighted by Crippen LogP contribution is 2.26. The summed E-state index contributed by atoms with van der Waals surface area (Å²) in [6, 6.07) is 9.83. The highest BCUT2D eigenvalue weighted by atomic mass is 35.5. The highest BCUT2D eigenvalue weighted by Gasteiger charge is 2.23. The van der Waals surface area contributed by atoms with Crippen molar-refractivity contribution in [1.29, 1.82) is 0 Å². The minimum absolute atomic E-state index is 0. The minimum Gasteiger partial charge on any atom is -0.494 e. The molecule has 4 nitrogen and oxygen atoms in total. The summed E-state index contributed by atoms with van der Waals surface area (Å²) >= 11 is 0. The van der Waals surface area contributed by atoms with Crippen LogP contribution in [0.25, 0.3) is 0 Å². The summed E-state index contributed by atoms with van der Waals surface area (Å²) in [5.41, 5.74) is 5.84. The summed E-state index contributed by atoms with van der Waals surface area (Å²) in [5.74, 6) is 1.51. The number of ether oxygens (including phenoxy) is 1. The first kappa shape index (κ1) is 19.8. The molecule has 0 aromatic heterocycles. The minimum atomic E-state index is 0. The molecule has 0 spiro atoms. The Morgan fingerprint density at radius 3 is 2.57 bits per heavy atom. The summed E-state index contributed by atoms with van der Waals surface area (Å²) in [7, 11) is 0. The van der Waals surface area contributed by atoms with E-state index in [1.807, 2.05) is 30.3 Å². The molecule has 0 bridgehead atoms. The topological polar surface area (TPSA) is 64.3 Å². The molecule has 1 aliphatic rings. The second-order valence-electron chi connectivity index (χ2n) is 6.07. The van der Waals surface area contributed by atoms with Gasteiger partial charge in [0.2, 0.25) is 5.91 Å². The van der Waals surface area contributed by atoms with Gasteiger partial charge in [-0.1, -0.05) is 37.5 Å². The van der Waals surface area contributed by atoms with Crippen molar-refractivity contribution in [2.45, 2.75) is 51.0 Å². The molecule has 130 valence electrons. The lowest BCUT2D eigenvalue weighted by atomic mass is 9.84. The van der Waals surface area contributed by atoms with Gasteiger partial charge < -0.3 is 15.8 Å². The SMILES string of the molecule is Cl.NCC(NC(=O)CCCOc1ccccc1)C1CCCCC1. The molecule has 1 aromatic carbocycles. The van der Waals surface area contributed by atoms with Crippen molar-refractivity contribution in [1.82, 2.24) is 5.32 Å². The van der Waals surface area contributed by atoms with Crippen molar-refractivity contribution in [3.05, 3.63) is 30.3 Å². The first-order valence-corrected chi connectivity index (χ1v) is 8.47. The van der Waals surface area contributed by atoms with Gasteiger partial charge in [-0.3, -0.25) is 4.79 Å². The monoisotopic (exact) mass is 340 g/mol. The van der Waals surface area contributed by atoms with Crippen LogP contribution < -0.4 is 15.8 Å². The summed E-state index contributed by atoms with van der Waals surface area (Å²) < 4.78 is 5.60. The van der Waals surface area contributed by atoms with Crippen LogP contribution in [0.4, 0.5) is 0 Å². The van der Waals surface area contributed by atoms with Crippen molar-refractivity contribution < 1.29 is 9.53 Å². The van der Waals surface area contributed by atoms with Crippen LogP contribution in [0.1, 0.15) is 44.9 Å². The highest BCUT2D eigenvalue weighted by molar-refractivity contribution is 5.85. The predicted molar refractivity (Wildman–Crippen MR) is 96.0 cm³/mol. The Hall–Kier alpha value is -1.26. The first-order valence-electron chi connectivity index (χ1n) is 8.47. The number of para-hydroxylation sites is 1. The molecular formula is C18H29ClN2O2. The quantitative estimate of drug-likeness (QED) is 0.714. The lowest BCUT2D eigenvalue weighted by Crippen LogP contribution is -2.45. The number of carbonyl (C=O) groups excluding carboxylic acids is 1. The van der Waals surface area contributed by atoms with Crippen LogP contribution in [0.15, 0.2) is 30.3 Å². The Labute approximate surface area is 145 Å². The number of hydrogen-bond acceptors (Lipinski definition) is 3. The first-order chi connectivity index (χ1) is 10.8. The molecular weight excluding hydrogens is 312 g/mol. The van der Waals surface area contributed by atoms with E-state index >= 15 is 0 Å². The Balaban J connectivity index is 0.00000264. The zero-order chi connectivity index (χ0) is 15.6. The van der Waals surface area contributed by atoms with Crippen LogP contribution in [0.5, 0.6) is 5.75 Å². The van der Waals surface area contributed by atoms with Gasteiger partial charge in [-0.2, -0.15) is 0 Å². The smallest absolute Gasteiger partial charge is 0.220 e. The average molecular weight is 341 g/mol. The molecule has 2 rings (SSSR count). The van der Waals surface area contributed by atoms with E-state index in [-0.39, 0.29) is 24.4 Å². The molecule has 0 heterocycles. The van der Waals surface area contributed by atoms with Gasteiger partial charge in [0, 0.05) is 19.0 Å². The van der Waals surface area contributed by atoms with Crippen molar-refractivity contribution >= 4 is 18.3 Å². The van der Waals surface area contributed by atoms with E-state index in [2.05, 4.69) is 5.32 Å². The number of hydrogen-bond donors (Lipinski definition) is 2. The van der Waals surface area contributed by atoms with Crippen molar-refractivity contribution in [2.75, 3.05) is 13.2 Å². The van der Waals surface area contributed by atoms with Crippen molar-refractivity contribution in [3.63, 3.8) is 0 Å². The van der Waals surface area contributed by atoms with Crippen molar-refractivity contribution in [3.8, 4) is 5.75 Å². The zero-order valence-corrected chi connectivity index (χ0v) is 14.5. The van der Waals surface area contributed by atoms with E-state index < -0.39 is 0 Å². The van der Waals surface area contributed by atoms with E-state index in [4.69, 9.17) is 10.5 Å². The summed E-state index contributed by atoms with van der Waals surface area (Å²) in [5, 5.41) is 3.12. The fourth-order valence-electron chi connectivity index (χ4n) is 3.12. The average Bonchev–Trinajstić information content (AvgIpc) is 2.58. The van der Waals surface area contributed by atoms with Gasteiger partial charge in [-0.25, -0.2) is 0 Å². The van der Waals surface area contributed by atoms with Gasteiger partial charge >= 0.3 is 0 Å². The molecule has 1 saturated carbocycles. The third-order valence-corrected chi connectivity index (χ3v) is 4.38. The van der Waals surface area contributed by atoms with E-state index in [1.54, 1.807) is 0 Å². The van der Waals surface area contributed by atoms with Gasteiger partial charge in [0.1, 0.15) is 5.75 Å². The molecule has 1 unspecified atom stereocenters. The second-order valence-corrected chi connectivity index (χ2v) is 6.07. The Morgan fingerprint density at radius 2 is 1.91 bits per heavy atom. The largest absolute Gasteiger partial charge is 0.494 e.